The number of aromatic hydroxyl groups is 1. The van der Waals surface area contributed by atoms with Crippen LogP contribution in [0.4, 0.5) is 0 Å². The number of ether oxygens (including phenoxy) is 3. The standard InChI is InChI=1S/C15H25NO4/c1-6-16(11(2)10-18-3)9-12-7-13(19-4)15(17)14(8-12)20-5/h7-8,11,17H,6,9-10H2,1-5H3. The molecule has 1 unspecified atom stereocenters. The molecule has 20 heavy (non-hydrogen) atoms. The Bertz CT molecular complexity index is 397. The Morgan fingerprint density at radius 2 is 1.70 bits per heavy atom. The van der Waals surface area contributed by atoms with E-state index in [1.54, 1.807) is 7.11 Å². The smallest absolute Gasteiger partial charge is 0.200 e. The Labute approximate surface area is 121 Å². The van der Waals surface area contributed by atoms with Gasteiger partial charge < -0.3 is 19.3 Å². The summed E-state index contributed by atoms with van der Waals surface area (Å²) in [5.41, 5.74) is 1.03. The number of likely N-dealkylation sites (N-methyl/N-ethyl adjacent to an activating group) is 1. The molecule has 5 heteroatoms. The van der Waals surface area contributed by atoms with Crippen LogP contribution in [0.5, 0.6) is 17.2 Å². The fourth-order valence-electron chi connectivity index (χ4n) is 2.20. The zero-order valence-electron chi connectivity index (χ0n) is 13.0. The van der Waals surface area contributed by atoms with Crippen molar-refractivity contribution in [2.24, 2.45) is 0 Å². The van der Waals surface area contributed by atoms with E-state index in [2.05, 4.69) is 18.7 Å². The largest absolute Gasteiger partial charge is 0.502 e. The second kappa shape index (κ2) is 7.97. The van der Waals surface area contributed by atoms with Crippen LogP contribution < -0.4 is 9.47 Å². The molecule has 0 aliphatic carbocycles. The molecule has 1 atom stereocenters. The van der Waals surface area contributed by atoms with Gasteiger partial charge in [0.15, 0.2) is 11.5 Å². The molecule has 0 spiro atoms. The molecule has 0 amide bonds. The van der Waals surface area contributed by atoms with Crippen LogP contribution in [0.3, 0.4) is 0 Å². The molecule has 0 saturated carbocycles. The highest BCUT2D eigenvalue weighted by molar-refractivity contribution is 5.52. The van der Waals surface area contributed by atoms with Gasteiger partial charge in [-0.05, 0) is 31.2 Å². The molecule has 0 bridgehead atoms. The maximum Gasteiger partial charge on any atom is 0.200 e. The van der Waals surface area contributed by atoms with Crippen LogP contribution in [0, 0.1) is 0 Å². The molecule has 1 aromatic rings. The van der Waals surface area contributed by atoms with Gasteiger partial charge in [0.25, 0.3) is 0 Å². The summed E-state index contributed by atoms with van der Waals surface area (Å²) in [4.78, 5) is 2.29. The van der Waals surface area contributed by atoms with Gasteiger partial charge in [0.2, 0.25) is 5.75 Å². The molecule has 0 aliphatic rings. The van der Waals surface area contributed by atoms with Gasteiger partial charge in [0.05, 0.1) is 20.8 Å². The maximum atomic E-state index is 9.91. The SMILES string of the molecule is CCN(Cc1cc(OC)c(O)c(OC)c1)C(C)COC. The third-order valence-corrected chi connectivity index (χ3v) is 3.36. The average Bonchev–Trinajstić information content (AvgIpc) is 2.46. The summed E-state index contributed by atoms with van der Waals surface area (Å²) in [6, 6.07) is 3.98. The molecule has 1 rings (SSSR count). The normalized spacial score (nSPS) is 12.5. The van der Waals surface area contributed by atoms with Gasteiger partial charge in [-0.25, -0.2) is 0 Å². The topological polar surface area (TPSA) is 51.2 Å². The summed E-state index contributed by atoms with van der Waals surface area (Å²) in [6.45, 7) is 6.58. The molecule has 0 fully saturated rings. The molecule has 0 aromatic heterocycles. The van der Waals surface area contributed by atoms with Crippen LogP contribution >= 0.6 is 0 Å². The van der Waals surface area contributed by atoms with E-state index in [0.29, 0.717) is 24.1 Å². The lowest BCUT2D eigenvalue weighted by Gasteiger charge is -2.27. The van der Waals surface area contributed by atoms with E-state index in [-0.39, 0.29) is 5.75 Å². The minimum absolute atomic E-state index is 0.0340. The van der Waals surface area contributed by atoms with Crippen molar-refractivity contribution >= 4 is 0 Å². The molecule has 1 aromatic carbocycles. The number of benzene rings is 1. The van der Waals surface area contributed by atoms with Gasteiger partial charge in [-0.15, -0.1) is 0 Å². The fourth-order valence-corrected chi connectivity index (χ4v) is 2.20. The first-order valence-corrected chi connectivity index (χ1v) is 6.74. The van der Waals surface area contributed by atoms with Crippen LogP contribution in [0.1, 0.15) is 19.4 Å². The molecule has 0 heterocycles. The summed E-state index contributed by atoms with van der Waals surface area (Å²) in [5.74, 6) is 0.885. The van der Waals surface area contributed by atoms with Gasteiger partial charge >= 0.3 is 0 Å². The lowest BCUT2D eigenvalue weighted by molar-refractivity contribution is 0.0981. The fraction of sp³-hybridized carbons (Fsp3) is 0.600. The number of hydrogen-bond donors (Lipinski definition) is 1. The molecular formula is C15H25NO4. The van der Waals surface area contributed by atoms with Crippen molar-refractivity contribution in [2.75, 3.05) is 34.5 Å². The Hall–Kier alpha value is -1.46. The van der Waals surface area contributed by atoms with Gasteiger partial charge in [-0.2, -0.15) is 0 Å². The molecule has 5 nitrogen and oxygen atoms in total. The summed E-state index contributed by atoms with van der Waals surface area (Å²) in [7, 11) is 4.77. The number of phenolic OH excluding ortho intramolecular Hbond substituents is 1. The molecule has 0 radical (unpaired) electrons. The van der Waals surface area contributed by atoms with Crippen molar-refractivity contribution in [2.45, 2.75) is 26.4 Å². The Balaban J connectivity index is 2.95. The van der Waals surface area contributed by atoms with E-state index in [4.69, 9.17) is 14.2 Å². The van der Waals surface area contributed by atoms with Crippen molar-refractivity contribution in [3.8, 4) is 17.2 Å². The van der Waals surface area contributed by atoms with Crippen molar-refractivity contribution in [3.63, 3.8) is 0 Å². The number of methoxy groups -OCH3 is 3. The van der Waals surface area contributed by atoms with Crippen molar-refractivity contribution in [1.29, 1.82) is 0 Å². The third-order valence-electron chi connectivity index (χ3n) is 3.36. The third kappa shape index (κ3) is 4.02. The lowest BCUT2D eigenvalue weighted by atomic mass is 10.1. The van der Waals surface area contributed by atoms with Crippen molar-refractivity contribution in [1.82, 2.24) is 4.90 Å². The van der Waals surface area contributed by atoms with E-state index < -0.39 is 0 Å². The van der Waals surface area contributed by atoms with E-state index in [1.165, 1.54) is 14.2 Å². The number of hydrogen-bond acceptors (Lipinski definition) is 5. The number of phenols is 1. The molecule has 0 aliphatic heterocycles. The first-order chi connectivity index (χ1) is 9.57. The van der Waals surface area contributed by atoms with Gasteiger partial charge in [-0.1, -0.05) is 6.92 Å². The summed E-state index contributed by atoms with van der Waals surface area (Å²) < 4.78 is 15.6. The van der Waals surface area contributed by atoms with E-state index in [0.717, 1.165) is 18.7 Å². The first kappa shape index (κ1) is 16.6. The second-order valence-corrected chi connectivity index (χ2v) is 4.72. The highest BCUT2D eigenvalue weighted by Crippen LogP contribution is 2.37. The van der Waals surface area contributed by atoms with E-state index >= 15 is 0 Å². The first-order valence-electron chi connectivity index (χ1n) is 6.74. The van der Waals surface area contributed by atoms with Crippen LogP contribution in [0.15, 0.2) is 12.1 Å². The van der Waals surface area contributed by atoms with Gasteiger partial charge in [-0.3, -0.25) is 4.90 Å². The quantitative estimate of drug-likeness (QED) is 0.793. The Kier molecular flexibility index (Phi) is 6.61. The highest BCUT2D eigenvalue weighted by atomic mass is 16.5. The summed E-state index contributed by atoms with van der Waals surface area (Å²) in [5, 5.41) is 9.91. The minimum Gasteiger partial charge on any atom is -0.502 e. The molecule has 1 N–H and O–H groups in total. The maximum absolute atomic E-state index is 9.91. The monoisotopic (exact) mass is 283 g/mol. The number of nitrogens with zero attached hydrogens (tertiary/aromatic N) is 1. The molecule has 0 saturated heterocycles. The van der Waals surface area contributed by atoms with Crippen LogP contribution in [0.2, 0.25) is 0 Å². The zero-order chi connectivity index (χ0) is 15.1. The summed E-state index contributed by atoms with van der Waals surface area (Å²) in [6.07, 6.45) is 0. The second-order valence-electron chi connectivity index (χ2n) is 4.72. The van der Waals surface area contributed by atoms with E-state index in [9.17, 15) is 5.11 Å². The number of rotatable bonds is 8. The average molecular weight is 283 g/mol. The van der Waals surface area contributed by atoms with Crippen LogP contribution in [-0.2, 0) is 11.3 Å². The summed E-state index contributed by atoms with van der Waals surface area (Å²) >= 11 is 0. The van der Waals surface area contributed by atoms with Crippen molar-refractivity contribution in [3.05, 3.63) is 17.7 Å². The van der Waals surface area contributed by atoms with Crippen LogP contribution in [-0.4, -0.2) is 50.5 Å². The van der Waals surface area contributed by atoms with Gasteiger partial charge in [0.1, 0.15) is 0 Å². The molecular weight excluding hydrogens is 258 g/mol. The Morgan fingerprint density at radius 1 is 1.15 bits per heavy atom. The van der Waals surface area contributed by atoms with E-state index in [1.807, 2.05) is 12.1 Å². The molecule has 114 valence electrons. The lowest BCUT2D eigenvalue weighted by Crippen LogP contribution is -2.35. The zero-order valence-corrected chi connectivity index (χ0v) is 13.0. The van der Waals surface area contributed by atoms with Gasteiger partial charge in [0, 0.05) is 19.7 Å². The Morgan fingerprint density at radius 3 is 2.10 bits per heavy atom. The highest BCUT2D eigenvalue weighted by Gasteiger charge is 2.16. The minimum atomic E-state index is 0.0340. The van der Waals surface area contributed by atoms with Crippen molar-refractivity contribution < 1.29 is 19.3 Å². The predicted molar refractivity (Wildman–Crippen MR) is 78.6 cm³/mol. The predicted octanol–water partition coefficient (Wildman–Crippen LogP) is 2.27. The van der Waals surface area contributed by atoms with Crippen LogP contribution in [0.25, 0.3) is 0 Å².